The first kappa shape index (κ1) is 13.5. The number of amides is 2. The number of hydrogen-bond acceptors (Lipinski definition) is 2. The minimum Gasteiger partial charge on any atom is -0.353 e. The van der Waals surface area contributed by atoms with Gasteiger partial charge in [0.15, 0.2) is 0 Å². The molecule has 1 N–H and O–H groups in total. The molecule has 4 nitrogen and oxygen atoms in total. The Morgan fingerprint density at radius 1 is 1.37 bits per heavy atom. The molecule has 1 aliphatic heterocycles. The third-order valence-electron chi connectivity index (χ3n) is 3.24. The molecule has 1 fully saturated rings. The lowest BCUT2D eigenvalue weighted by molar-refractivity contribution is -0.127. The zero-order valence-corrected chi connectivity index (χ0v) is 10.7. The standard InChI is InChI=1S/C13H14F2N2O2/c1-7-5-9(11(15)6-10(7)14)13(19)17-4-3-16-12(18)8(17)2/h5-6,8H,3-4H2,1-2H3,(H,16,18). The summed E-state index contributed by atoms with van der Waals surface area (Å²) in [4.78, 5) is 25.0. The Balaban J connectivity index is 2.34. The number of hydrogen-bond donors (Lipinski definition) is 1. The van der Waals surface area contributed by atoms with E-state index in [9.17, 15) is 18.4 Å². The fourth-order valence-corrected chi connectivity index (χ4v) is 2.04. The van der Waals surface area contributed by atoms with Crippen LogP contribution in [0, 0.1) is 18.6 Å². The van der Waals surface area contributed by atoms with Crippen molar-refractivity contribution in [3.05, 3.63) is 34.9 Å². The molecule has 0 aromatic heterocycles. The van der Waals surface area contributed by atoms with Gasteiger partial charge >= 0.3 is 0 Å². The highest BCUT2D eigenvalue weighted by Crippen LogP contribution is 2.18. The monoisotopic (exact) mass is 268 g/mol. The van der Waals surface area contributed by atoms with Crippen molar-refractivity contribution in [1.82, 2.24) is 10.2 Å². The molecule has 1 atom stereocenters. The molecule has 1 saturated heterocycles. The van der Waals surface area contributed by atoms with Crippen molar-refractivity contribution >= 4 is 11.8 Å². The number of piperazine rings is 1. The van der Waals surface area contributed by atoms with E-state index in [1.807, 2.05) is 0 Å². The van der Waals surface area contributed by atoms with Crippen molar-refractivity contribution in [3.8, 4) is 0 Å². The largest absolute Gasteiger partial charge is 0.353 e. The SMILES string of the molecule is Cc1cc(C(=O)N2CCNC(=O)C2C)c(F)cc1F. The van der Waals surface area contributed by atoms with Crippen LogP contribution in [0.15, 0.2) is 12.1 Å². The topological polar surface area (TPSA) is 49.4 Å². The second kappa shape index (κ2) is 4.95. The highest BCUT2D eigenvalue weighted by Gasteiger charge is 2.31. The van der Waals surface area contributed by atoms with Gasteiger partial charge in [-0.05, 0) is 25.5 Å². The van der Waals surface area contributed by atoms with Gasteiger partial charge in [0.2, 0.25) is 5.91 Å². The zero-order valence-electron chi connectivity index (χ0n) is 10.7. The van der Waals surface area contributed by atoms with Gasteiger partial charge in [-0.25, -0.2) is 8.78 Å². The molecule has 1 heterocycles. The fourth-order valence-electron chi connectivity index (χ4n) is 2.04. The number of nitrogens with one attached hydrogen (secondary N) is 1. The first-order valence-corrected chi connectivity index (χ1v) is 5.96. The molecule has 0 radical (unpaired) electrons. The molecule has 0 saturated carbocycles. The summed E-state index contributed by atoms with van der Waals surface area (Å²) in [6.07, 6.45) is 0. The normalized spacial score (nSPS) is 19.3. The van der Waals surface area contributed by atoms with E-state index < -0.39 is 23.6 Å². The summed E-state index contributed by atoms with van der Waals surface area (Å²) < 4.78 is 26.8. The van der Waals surface area contributed by atoms with Crippen LogP contribution in [-0.2, 0) is 4.79 Å². The molecular weight excluding hydrogens is 254 g/mol. The molecule has 102 valence electrons. The van der Waals surface area contributed by atoms with Gasteiger partial charge < -0.3 is 10.2 Å². The van der Waals surface area contributed by atoms with Crippen LogP contribution < -0.4 is 5.32 Å². The van der Waals surface area contributed by atoms with Crippen LogP contribution in [0.1, 0.15) is 22.8 Å². The summed E-state index contributed by atoms with van der Waals surface area (Å²) in [5.41, 5.74) is -0.0145. The van der Waals surface area contributed by atoms with Crippen molar-refractivity contribution < 1.29 is 18.4 Å². The second-order valence-corrected chi connectivity index (χ2v) is 4.55. The van der Waals surface area contributed by atoms with E-state index in [2.05, 4.69) is 5.32 Å². The minimum absolute atomic E-state index is 0.193. The average molecular weight is 268 g/mol. The molecule has 19 heavy (non-hydrogen) atoms. The quantitative estimate of drug-likeness (QED) is 0.833. The van der Waals surface area contributed by atoms with Gasteiger partial charge in [0.05, 0.1) is 5.56 Å². The molecular formula is C13H14F2N2O2. The highest BCUT2D eigenvalue weighted by atomic mass is 19.1. The smallest absolute Gasteiger partial charge is 0.257 e. The maximum absolute atomic E-state index is 13.7. The third kappa shape index (κ3) is 2.43. The number of carbonyl (C=O) groups excluding carboxylic acids is 2. The van der Waals surface area contributed by atoms with Crippen LogP contribution in [0.5, 0.6) is 0 Å². The molecule has 0 spiro atoms. The van der Waals surface area contributed by atoms with Gasteiger partial charge in [0.25, 0.3) is 5.91 Å². The third-order valence-corrected chi connectivity index (χ3v) is 3.24. The second-order valence-electron chi connectivity index (χ2n) is 4.55. The van der Waals surface area contributed by atoms with E-state index in [-0.39, 0.29) is 17.0 Å². The average Bonchev–Trinajstić information content (AvgIpc) is 2.36. The predicted octanol–water partition coefficient (Wildman–Crippen LogP) is 1.23. The van der Waals surface area contributed by atoms with Crippen LogP contribution in [0.2, 0.25) is 0 Å². The van der Waals surface area contributed by atoms with Crippen molar-refractivity contribution in [2.45, 2.75) is 19.9 Å². The summed E-state index contributed by atoms with van der Waals surface area (Å²) in [6, 6.07) is 1.20. The molecule has 0 bridgehead atoms. The predicted molar refractivity (Wildman–Crippen MR) is 64.6 cm³/mol. The van der Waals surface area contributed by atoms with Crippen molar-refractivity contribution in [2.24, 2.45) is 0 Å². The van der Waals surface area contributed by atoms with Gasteiger partial charge in [-0.2, -0.15) is 0 Å². The Labute approximate surface area is 109 Å². The maximum atomic E-state index is 13.7. The Morgan fingerprint density at radius 2 is 2.05 bits per heavy atom. The molecule has 1 aromatic rings. The number of rotatable bonds is 1. The fraction of sp³-hybridized carbons (Fsp3) is 0.385. The van der Waals surface area contributed by atoms with Gasteiger partial charge in [0.1, 0.15) is 17.7 Å². The number of nitrogens with zero attached hydrogens (tertiary/aromatic N) is 1. The Hall–Kier alpha value is -1.98. The molecule has 2 rings (SSSR count). The van der Waals surface area contributed by atoms with E-state index >= 15 is 0 Å². The number of benzene rings is 1. The van der Waals surface area contributed by atoms with Crippen LogP contribution in [0.4, 0.5) is 8.78 Å². The molecule has 1 aromatic carbocycles. The number of halogens is 2. The number of aryl methyl sites for hydroxylation is 1. The Bertz CT molecular complexity index is 546. The van der Waals surface area contributed by atoms with Crippen molar-refractivity contribution in [3.63, 3.8) is 0 Å². The summed E-state index contributed by atoms with van der Waals surface area (Å²) in [5.74, 6) is -2.48. The molecule has 1 aliphatic rings. The van der Waals surface area contributed by atoms with Crippen LogP contribution in [0.3, 0.4) is 0 Å². The first-order valence-electron chi connectivity index (χ1n) is 5.96. The summed E-state index contributed by atoms with van der Waals surface area (Å²) in [7, 11) is 0. The molecule has 6 heteroatoms. The van der Waals surface area contributed by atoms with E-state index in [1.54, 1.807) is 6.92 Å². The minimum atomic E-state index is -0.911. The lowest BCUT2D eigenvalue weighted by atomic mass is 10.1. The van der Waals surface area contributed by atoms with Crippen LogP contribution >= 0.6 is 0 Å². The van der Waals surface area contributed by atoms with E-state index in [0.29, 0.717) is 19.2 Å². The summed E-state index contributed by atoms with van der Waals surface area (Å²) in [5, 5.41) is 2.62. The lowest BCUT2D eigenvalue weighted by Crippen LogP contribution is -2.56. The molecule has 2 amide bonds. The molecule has 1 unspecified atom stereocenters. The van der Waals surface area contributed by atoms with Crippen LogP contribution in [0.25, 0.3) is 0 Å². The summed E-state index contributed by atoms with van der Waals surface area (Å²) >= 11 is 0. The van der Waals surface area contributed by atoms with E-state index in [1.165, 1.54) is 17.9 Å². The summed E-state index contributed by atoms with van der Waals surface area (Å²) in [6.45, 7) is 3.66. The van der Waals surface area contributed by atoms with Crippen LogP contribution in [-0.4, -0.2) is 35.8 Å². The zero-order chi connectivity index (χ0) is 14.2. The van der Waals surface area contributed by atoms with Gasteiger partial charge in [-0.15, -0.1) is 0 Å². The van der Waals surface area contributed by atoms with Gasteiger partial charge in [-0.1, -0.05) is 0 Å². The highest BCUT2D eigenvalue weighted by molar-refractivity contribution is 5.98. The Morgan fingerprint density at radius 3 is 2.74 bits per heavy atom. The first-order chi connectivity index (χ1) is 8.91. The molecule has 0 aliphatic carbocycles. The number of carbonyl (C=O) groups is 2. The van der Waals surface area contributed by atoms with Crippen molar-refractivity contribution in [2.75, 3.05) is 13.1 Å². The van der Waals surface area contributed by atoms with Gasteiger partial charge in [0, 0.05) is 19.2 Å². The van der Waals surface area contributed by atoms with Crippen molar-refractivity contribution in [1.29, 1.82) is 0 Å². The van der Waals surface area contributed by atoms with E-state index in [0.717, 1.165) is 0 Å². The van der Waals surface area contributed by atoms with Gasteiger partial charge in [-0.3, -0.25) is 9.59 Å². The maximum Gasteiger partial charge on any atom is 0.257 e. The Kier molecular flexibility index (Phi) is 3.50. The lowest BCUT2D eigenvalue weighted by Gasteiger charge is -2.33. The van der Waals surface area contributed by atoms with E-state index in [4.69, 9.17) is 0 Å².